The Balaban J connectivity index is 0. The second-order valence-corrected chi connectivity index (χ2v) is 6.90. The van der Waals surface area contributed by atoms with Gasteiger partial charge in [0.15, 0.2) is 0 Å². The molecular formula is C19H38NNaO3. The van der Waals surface area contributed by atoms with Crippen LogP contribution in [0.1, 0.15) is 90.4 Å². The molecule has 1 N–H and O–H groups in total. The molecule has 0 spiro atoms. The molecule has 0 bridgehead atoms. The Morgan fingerprint density at radius 1 is 0.917 bits per heavy atom. The fraction of sp³-hybridized carbons (Fsp3) is 0.947. The van der Waals surface area contributed by atoms with E-state index in [-0.39, 0.29) is 36.1 Å². The van der Waals surface area contributed by atoms with E-state index in [1.807, 2.05) is 0 Å². The summed E-state index contributed by atoms with van der Waals surface area (Å²) < 4.78 is 0. The van der Waals surface area contributed by atoms with Gasteiger partial charge < -0.3 is 15.0 Å². The summed E-state index contributed by atoms with van der Waals surface area (Å²) in [5.41, 5.74) is 0. The summed E-state index contributed by atoms with van der Waals surface area (Å²) in [4.78, 5) is 12.0. The van der Waals surface area contributed by atoms with E-state index in [0.717, 1.165) is 19.3 Å². The molecule has 24 heavy (non-hydrogen) atoms. The second-order valence-electron chi connectivity index (χ2n) is 6.90. The van der Waals surface area contributed by atoms with Gasteiger partial charge in [-0.25, -0.2) is 0 Å². The summed E-state index contributed by atoms with van der Waals surface area (Å²) in [6.07, 6.45) is 16.1. The van der Waals surface area contributed by atoms with E-state index in [9.17, 15) is 15.0 Å². The van der Waals surface area contributed by atoms with Gasteiger partial charge in [-0.2, -0.15) is 0 Å². The van der Waals surface area contributed by atoms with E-state index < -0.39 is 12.1 Å². The van der Waals surface area contributed by atoms with Crippen LogP contribution in [0.25, 0.3) is 0 Å². The first-order chi connectivity index (χ1) is 11.1. The molecule has 0 saturated carbocycles. The summed E-state index contributed by atoms with van der Waals surface area (Å²) in [5, 5.41) is 20.3. The molecule has 0 saturated heterocycles. The monoisotopic (exact) mass is 351 g/mol. The van der Waals surface area contributed by atoms with Crippen LogP contribution in [0.2, 0.25) is 0 Å². The zero-order valence-corrected chi connectivity index (χ0v) is 18.4. The van der Waals surface area contributed by atoms with E-state index in [1.54, 1.807) is 11.9 Å². The quantitative estimate of drug-likeness (QED) is 0.299. The van der Waals surface area contributed by atoms with Crippen LogP contribution >= 0.6 is 0 Å². The van der Waals surface area contributed by atoms with Crippen LogP contribution < -0.4 is 34.7 Å². The van der Waals surface area contributed by atoms with Crippen LogP contribution in [0.3, 0.4) is 0 Å². The van der Waals surface area contributed by atoms with E-state index >= 15 is 0 Å². The zero-order valence-electron chi connectivity index (χ0n) is 16.4. The third-order valence-corrected chi connectivity index (χ3v) is 4.31. The summed E-state index contributed by atoms with van der Waals surface area (Å²) in [7, 11) is 1.70. The first-order valence-electron chi connectivity index (χ1n) is 9.62. The summed E-state index contributed by atoms with van der Waals surface area (Å²) in [6.45, 7) is 2.55. The molecule has 0 radical (unpaired) electrons. The minimum absolute atomic E-state index is 0. The Kier molecular flexibility index (Phi) is 21.9. The molecule has 0 rings (SSSR count). The molecule has 4 nitrogen and oxygen atoms in total. The number of unbranched alkanes of at least 4 members (excludes halogenated alkanes) is 11. The Bertz CT molecular complexity index is 277. The minimum Gasteiger partial charge on any atom is -0.549 e. The fourth-order valence-corrected chi connectivity index (χ4v) is 2.96. The second kappa shape index (κ2) is 19.7. The number of aliphatic carboxylic acids is 1. The molecule has 0 aliphatic heterocycles. The number of hydrogen-bond donors (Lipinski definition) is 1. The molecule has 138 valence electrons. The molecule has 0 amide bonds. The number of aliphatic hydroxyl groups is 1. The average Bonchev–Trinajstić information content (AvgIpc) is 2.47. The van der Waals surface area contributed by atoms with Gasteiger partial charge in [0.2, 0.25) is 0 Å². The summed E-state index contributed by atoms with van der Waals surface area (Å²) >= 11 is 0. The number of carboxylic acids is 1. The van der Waals surface area contributed by atoms with Gasteiger partial charge in [-0.3, -0.25) is 4.90 Å². The minimum atomic E-state index is -1.09. The Morgan fingerprint density at radius 2 is 1.33 bits per heavy atom. The van der Waals surface area contributed by atoms with Crippen LogP contribution in [0, 0.1) is 0 Å². The fourth-order valence-electron chi connectivity index (χ4n) is 2.96. The van der Waals surface area contributed by atoms with Gasteiger partial charge in [0, 0.05) is 13.1 Å². The topological polar surface area (TPSA) is 63.6 Å². The van der Waals surface area contributed by atoms with Gasteiger partial charge in [0.1, 0.15) is 0 Å². The van der Waals surface area contributed by atoms with Crippen molar-refractivity contribution in [3.8, 4) is 0 Å². The third kappa shape index (κ3) is 20.4. The van der Waals surface area contributed by atoms with Gasteiger partial charge in [0.25, 0.3) is 0 Å². The molecule has 0 aromatic rings. The first kappa shape index (κ1) is 26.6. The number of likely N-dealkylation sites (N-methyl/N-ethyl adjacent to an activating group) is 1. The zero-order chi connectivity index (χ0) is 17.3. The van der Waals surface area contributed by atoms with E-state index in [1.165, 1.54) is 64.2 Å². The van der Waals surface area contributed by atoms with Crippen molar-refractivity contribution in [2.24, 2.45) is 0 Å². The molecule has 0 aromatic carbocycles. The van der Waals surface area contributed by atoms with Crippen molar-refractivity contribution < 1.29 is 44.6 Å². The van der Waals surface area contributed by atoms with Crippen LogP contribution in [0.15, 0.2) is 0 Å². The van der Waals surface area contributed by atoms with Gasteiger partial charge in [0.05, 0.1) is 12.1 Å². The number of nitrogens with zero attached hydrogens (tertiary/aromatic N) is 1. The van der Waals surface area contributed by atoms with Crippen molar-refractivity contribution >= 4 is 5.97 Å². The third-order valence-electron chi connectivity index (χ3n) is 4.31. The first-order valence-corrected chi connectivity index (χ1v) is 9.62. The SMILES string of the molecule is CCCCCCCCCCCCCCC(O)CN(C)CC(=O)[O-].[Na+]. The standard InChI is InChI=1S/C19H39NO3.Na/c1-3-4-5-6-7-8-9-10-11-12-13-14-15-18(21)16-20(2)17-19(22)23;/h18,21H,3-17H2,1-2H3,(H,22,23);/q;+1/p-1. The number of aliphatic hydroxyl groups excluding tert-OH is 1. The number of hydrogen-bond acceptors (Lipinski definition) is 4. The van der Waals surface area contributed by atoms with Gasteiger partial charge in [-0.1, -0.05) is 84.0 Å². The predicted octanol–water partition coefficient (Wildman–Crippen LogP) is 0.124. The number of rotatable bonds is 17. The van der Waals surface area contributed by atoms with Gasteiger partial charge in [-0.15, -0.1) is 0 Å². The van der Waals surface area contributed by atoms with Crippen LogP contribution in [0.5, 0.6) is 0 Å². The largest absolute Gasteiger partial charge is 1.00 e. The average molecular weight is 352 g/mol. The maximum Gasteiger partial charge on any atom is 1.00 e. The van der Waals surface area contributed by atoms with Crippen molar-refractivity contribution in [2.75, 3.05) is 20.1 Å². The molecule has 1 atom stereocenters. The van der Waals surface area contributed by atoms with Crippen molar-refractivity contribution in [3.05, 3.63) is 0 Å². The smallest absolute Gasteiger partial charge is 0.549 e. The van der Waals surface area contributed by atoms with E-state index in [0.29, 0.717) is 6.54 Å². The maximum atomic E-state index is 10.4. The molecule has 0 aliphatic rings. The molecular weight excluding hydrogens is 313 g/mol. The predicted molar refractivity (Wildman–Crippen MR) is 94.2 cm³/mol. The maximum absolute atomic E-state index is 10.4. The normalized spacial score (nSPS) is 12.2. The summed E-state index contributed by atoms with van der Waals surface area (Å²) in [6, 6.07) is 0. The van der Waals surface area contributed by atoms with E-state index in [2.05, 4.69) is 6.92 Å². The molecule has 0 aromatic heterocycles. The van der Waals surface area contributed by atoms with Crippen LogP contribution in [0.4, 0.5) is 0 Å². The Morgan fingerprint density at radius 3 is 1.75 bits per heavy atom. The number of carbonyl (C=O) groups is 1. The van der Waals surface area contributed by atoms with Crippen LogP contribution in [-0.4, -0.2) is 42.2 Å². The Labute approximate surface area is 171 Å². The number of carboxylic acid groups (broad SMARTS) is 1. The molecule has 5 heteroatoms. The van der Waals surface area contributed by atoms with Gasteiger partial charge in [-0.05, 0) is 13.5 Å². The molecule has 0 aliphatic carbocycles. The molecule has 1 unspecified atom stereocenters. The van der Waals surface area contributed by atoms with Gasteiger partial charge >= 0.3 is 29.6 Å². The van der Waals surface area contributed by atoms with E-state index in [4.69, 9.17) is 0 Å². The molecule has 0 fully saturated rings. The van der Waals surface area contributed by atoms with Crippen molar-refractivity contribution in [1.82, 2.24) is 4.90 Å². The Hall–Kier alpha value is 0.390. The van der Waals surface area contributed by atoms with Crippen molar-refractivity contribution in [1.29, 1.82) is 0 Å². The van der Waals surface area contributed by atoms with Crippen molar-refractivity contribution in [3.63, 3.8) is 0 Å². The van der Waals surface area contributed by atoms with Crippen molar-refractivity contribution in [2.45, 2.75) is 96.5 Å². The molecule has 0 heterocycles. The summed E-state index contributed by atoms with van der Waals surface area (Å²) in [5.74, 6) is -1.09. The van der Waals surface area contributed by atoms with Crippen LogP contribution in [-0.2, 0) is 4.79 Å². The number of carbonyl (C=O) groups excluding carboxylic acids is 1.